The van der Waals surface area contributed by atoms with Gasteiger partial charge in [0.25, 0.3) is 5.69 Å². The van der Waals surface area contributed by atoms with E-state index in [0.717, 1.165) is 12.8 Å². The molecule has 0 aliphatic heterocycles. The quantitative estimate of drug-likeness (QED) is 0.633. The summed E-state index contributed by atoms with van der Waals surface area (Å²) in [6.45, 7) is 0. The van der Waals surface area contributed by atoms with Gasteiger partial charge in [-0.1, -0.05) is 31.0 Å². The Kier molecular flexibility index (Phi) is 4.21. The molecule has 1 aliphatic rings. The molecule has 0 saturated heterocycles. The molecule has 0 radical (unpaired) electrons. The number of nitrogens with one attached hydrogen (secondary N) is 1. The highest BCUT2D eigenvalue weighted by Crippen LogP contribution is 2.30. The van der Waals surface area contributed by atoms with Gasteiger partial charge in [-0.25, -0.2) is 4.79 Å². The summed E-state index contributed by atoms with van der Waals surface area (Å²) < 4.78 is 0. The first kappa shape index (κ1) is 15.0. The van der Waals surface area contributed by atoms with Crippen molar-refractivity contribution in [2.75, 3.05) is 0 Å². The highest BCUT2D eigenvalue weighted by Gasteiger charge is 2.42. The van der Waals surface area contributed by atoms with E-state index >= 15 is 0 Å². The smallest absolute Gasteiger partial charge is 0.329 e. The molecule has 0 heterocycles. The van der Waals surface area contributed by atoms with Gasteiger partial charge in [-0.15, -0.1) is 0 Å². The number of rotatable bonds is 5. The van der Waals surface area contributed by atoms with Gasteiger partial charge in [-0.05, 0) is 12.8 Å². The van der Waals surface area contributed by atoms with E-state index in [-0.39, 0.29) is 17.7 Å². The molecule has 112 valence electrons. The second-order valence-corrected chi connectivity index (χ2v) is 5.21. The lowest BCUT2D eigenvalue weighted by Crippen LogP contribution is -2.52. The maximum Gasteiger partial charge on any atom is 0.329 e. The molecule has 1 aromatic carbocycles. The molecule has 0 bridgehead atoms. The zero-order valence-electron chi connectivity index (χ0n) is 11.4. The van der Waals surface area contributed by atoms with Crippen molar-refractivity contribution in [2.24, 2.45) is 0 Å². The number of para-hydroxylation sites is 1. The van der Waals surface area contributed by atoms with Gasteiger partial charge in [0.2, 0.25) is 5.91 Å². The van der Waals surface area contributed by atoms with E-state index in [4.69, 9.17) is 0 Å². The summed E-state index contributed by atoms with van der Waals surface area (Å²) in [7, 11) is 0. The summed E-state index contributed by atoms with van der Waals surface area (Å²) >= 11 is 0. The molecular formula is C14H16N2O5. The van der Waals surface area contributed by atoms with E-state index in [1.807, 2.05) is 0 Å². The average molecular weight is 292 g/mol. The lowest BCUT2D eigenvalue weighted by Gasteiger charge is -2.25. The summed E-state index contributed by atoms with van der Waals surface area (Å²) in [5.74, 6) is -1.55. The second-order valence-electron chi connectivity index (χ2n) is 5.21. The number of nitrogens with zero attached hydrogens (tertiary/aromatic N) is 1. The maximum atomic E-state index is 12.1. The minimum atomic E-state index is -1.22. The fourth-order valence-electron chi connectivity index (χ4n) is 2.69. The Balaban J connectivity index is 2.12. The van der Waals surface area contributed by atoms with E-state index in [2.05, 4.69) is 5.32 Å². The summed E-state index contributed by atoms with van der Waals surface area (Å²) in [4.78, 5) is 33.8. The Bertz CT molecular complexity index is 578. The van der Waals surface area contributed by atoms with Crippen LogP contribution in [0.5, 0.6) is 0 Å². The van der Waals surface area contributed by atoms with E-state index in [1.54, 1.807) is 6.07 Å². The molecule has 2 N–H and O–H groups in total. The first-order valence-corrected chi connectivity index (χ1v) is 6.71. The molecule has 1 fully saturated rings. The minimum absolute atomic E-state index is 0.136. The fraction of sp³-hybridized carbons (Fsp3) is 0.429. The molecule has 1 amide bonds. The minimum Gasteiger partial charge on any atom is -0.480 e. The molecule has 7 nitrogen and oxygen atoms in total. The van der Waals surface area contributed by atoms with Crippen molar-refractivity contribution in [3.05, 3.63) is 39.9 Å². The highest BCUT2D eigenvalue weighted by atomic mass is 16.6. The number of benzene rings is 1. The summed E-state index contributed by atoms with van der Waals surface area (Å²) in [5, 5.41) is 22.7. The van der Waals surface area contributed by atoms with Crippen LogP contribution in [-0.4, -0.2) is 27.4 Å². The number of hydrogen-bond acceptors (Lipinski definition) is 4. The summed E-state index contributed by atoms with van der Waals surface area (Å²) in [6, 6.07) is 5.96. The number of carboxylic acid groups (broad SMARTS) is 1. The van der Waals surface area contributed by atoms with Crippen LogP contribution >= 0.6 is 0 Å². The van der Waals surface area contributed by atoms with E-state index in [9.17, 15) is 24.8 Å². The number of hydrogen-bond donors (Lipinski definition) is 2. The van der Waals surface area contributed by atoms with Gasteiger partial charge < -0.3 is 10.4 Å². The van der Waals surface area contributed by atoms with Crippen molar-refractivity contribution < 1.29 is 19.6 Å². The van der Waals surface area contributed by atoms with Crippen LogP contribution in [0.2, 0.25) is 0 Å². The normalized spacial score (nSPS) is 16.4. The highest BCUT2D eigenvalue weighted by molar-refractivity contribution is 5.88. The molecule has 1 aliphatic carbocycles. The first-order valence-electron chi connectivity index (χ1n) is 6.71. The zero-order chi connectivity index (χ0) is 15.5. The van der Waals surface area contributed by atoms with Crippen molar-refractivity contribution in [1.29, 1.82) is 0 Å². The number of carbonyl (C=O) groups is 2. The Hall–Kier alpha value is -2.44. The average Bonchev–Trinajstić information content (AvgIpc) is 2.88. The molecule has 21 heavy (non-hydrogen) atoms. The lowest BCUT2D eigenvalue weighted by molar-refractivity contribution is -0.385. The molecule has 0 spiro atoms. The van der Waals surface area contributed by atoms with Crippen molar-refractivity contribution in [3.8, 4) is 0 Å². The Morgan fingerprint density at radius 1 is 1.29 bits per heavy atom. The molecular weight excluding hydrogens is 276 g/mol. The first-order chi connectivity index (χ1) is 9.94. The van der Waals surface area contributed by atoms with Crippen LogP contribution in [0, 0.1) is 10.1 Å². The molecule has 7 heteroatoms. The van der Waals surface area contributed by atoms with Crippen molar-refractivity contribution in [3.63, 3.8) is 0 Å². The van der Waals surface area contributed by atoms with Gasteiger partial charge in [0.05, 0.1) is 11.3 Å². The number of amides is 1. The van der Waals surface area contributed by atoms with E-state index < -0.39 is 22.3 Å². The third-order valence-corrected chi connectivity index (χ3v) is 3.78. The molecule has 2 rings (SSSR count). The predicted molar refractivity (Wildman–Crippen MR) is 73.8 cm³/mol. The predicted octanol–water partition coefficient (Wildman–Crippen LogP) is 1.65. The van der Waals surface area contributed by atoms with Gasteiger partial charge >= 0.3 is 5.97 Å². The Morgan fingerprint density at radius 2 is 1.90 bits per heavy atom. The third-order valence-electron chi connectivity index (χ3n) is 3.78. The van der Waals surface area contributed by atoms with Crippen LogP contribution in [-0.2, 0) is 16.0 Å². The third kappa shape index (κ3) is 3.18. The Labute approximate surface area is 121 Å². The largest absolute Gasteiger partial charge is 0.480 e. The number of carbonyl (C=O) groups excluding carboxylic acids is 1. The van der Waals surface area contributed by atoms with Crippen molar-refractivity contribution >= 4 is 17.6 Å². The number of carboxylic acids is 1. The van der Waals surface area contributed by atoms with Crippen LogP contribution in [0.4, 0.5) is 5.69 Å². The number of nitro groups is 1. The van der Waals surface area contributed by atoms with Crippen LogP contribution in [0.1, 0.15) is 31.2 Å². The van der Waals surface area contributed by atoms with E-state index in [0.29, 0.717) is 12.8 Å². The van der Waals surface area contributed by atoms with Gasteiger partial charge in [0, 0.05) is 11.6 Å². The SMILES string of the molecule is O=C(Cc1ccccc1[N+](=O)[O-])NC1(C(=O)O)CCCC1. The molecule has 0 atom stereocenters. The molecule has 0 unspecified atom stereocenters. The van der Waals surface area contributed by atoms with Crippen LogP contribution in [0.25, 0.3) is 0 Å². The topological polar surface area (TPSA) is 110 Å². The standard InChI is InChI=1S/C14H16N2O5/c17-12(15-14(13(18)19)7-3-4-8-14)9-10-5-1-2-6-11(10)16(20)21/h1-2,5-6H,3-4,7-9H2,(H,15,17)(H,18,19). The summed E-state index contributed by atoms with van der Waals surface area (Å²) in [5.41, 5.74) is -1.08. The van der Waals surface area contributed by atoms with Gasteiger partial charge in [0.15, 0.2) is 0 Å². The van der Waals surface area contributed by atoms with Gasteiger partial charge in [-0.3, -0.25) is 14.9 Å². The number of aliphatic carboxylic acids is 1. The molecule has 0 aromatic heterocycles. The lowest BCUT2D eigenvalue weighted by atomic mass is 9.97. The van der Waals surface area contributed by atoms with Gasteiger partial charge in [0.1, 0.15) is 5.54 Å². The number of nitro benzene ring substituents is 1. The van der Waals surface area contributed by atoms with Gasteiger partial charge in [-0.2, -0.15) is 0 Å². The van der Waals surface area contributed by atoms with Crippen LogP contribution in [0.15, 0.2) is 24.3 Å². The van der Waals surface area contributed by atoms with Crippen LogP contribution in [0.3, 0.4) is 0 Å². The van der Waals surface area contributed by atoms with Crippen molar-refractivity contribution in [1.82, 2.24) is 5.32 Å². The van der Waals surface area contributed by atoms with E-state index in [1.165, 1.54) is 18.2 Å². The van der Waals surface area contributed by atoms with Crippen molar-refractivity contribution in [2.45, 2.75) is 37.6 Å². The fourth-order valence-corrected chi connectivity index (χ4v) is 2.69. The maximum absolute atomic E-state index is 12.1. The molecule has 1 aromatic rings. The summed E-state index contributed by atoms with van der Waals surface area (Å²) in [6.07, 6.45) is 2.08. The monoisotopic (exact) mass is 292 g/mol. The Morgan fingerprint density at radius 3 is 2.48 bits per heavy atom. The second kappa shape index (κ2) is 5.90. The molecule has 1 saturated carbocycles. The zero-order valence-corrected chi connectivity index (χ0v) is 11.4. The van der Waals surface area contributed by atoms with Crippen LogP contribution < -0.4 is 5.32 Å².